The monoisotopic (exact) mass is 282 g/mol. The Morgan fingerprint density at radius 3 is 2.80 bits per heavy atom. The number of guanidine groups is 1. The van der Waals surface area contributed by atoms with Crippen LogP contribution in [0.1, 0.15) is 0 Å². The zero-order valence-electron chi connectivity index (χ0n) is 10.4. The summed E-state index contributed by atoms with van der Waals surface area (Å²) in [6.45, 7) is -0.146. The molecule has 0 aromatic carbocycles. The topological polar surface area (TPSA) is 141 Å². The highest BCUT2D eigenvalue weighted by Crippen LogP contribution is 2.29. The van der Waals surface area contributed by atoms with Crippen LogP contribution < -0.4 is 5.73 Å². The maximum absolute atomic E-state index is 11.7. The van der Waals surface area contributed by atoms with E-state index in [4.69, 9.17) is 15.6 Å². The molecular weight excluding hydrogens is 268 g/mol. The van der Waals surface area contributed by atoms with E-state index < -0.39 is 37.1 Å². The molecule has 0 spiro atoms. The van der Waals surface area contributed by atoms with Crippen molar-refractivity contribution in [2.24, 2.45) is 15.7 Å². The number of rotatable bonds is 2. The summed E-state index contributed by atoms with van der Waals surface area (Å²) >= 11 is 0. The van der Waals surface area contributed by atoms with Crippen molar-refractivity contribution < 1.29 is 24.9 Å². The van der Waals surface area contributed by atoms with Gasteiger partial charge in [-0.25, -0.2) is 0 Å². The molecule has 9 heteroatoms. The first kappa shape index (κ1) is 13.2. The maximum atomic E-state index is 11.7. The Hall–Kier alpha value is -1.81. The van der Waals surface area contributed by atoms with Crippen LogP contribution in [0.15, 0.2) is 21.6 Å². The van der Waals surface area contributed by atoms with Crippen molar-refractivity contribution in [1.82, 2.24) is 4.90 Å². The lowest BCUT2D eigenvalue weighted by Gasteiger charge is -2.29. The number of fused-ring (bicyclic) bond motifs is 1. The van der Waals surface area contributed by atoms with Gasteiger partial charge in [-0.2, -0.15) is 9.98 Å². The highest BCUT2D eigenvalue weighted by molar-refractivity contribution is 6.28. The summed E-state index contributed by atoms with van der Waals surface area (Å²) in [7, 11) is 0. The highest BCUT2D eigenvalue weighted by Gasteiger charge is 2.48. The molecule has 1 amide bonds. The van der Waals surface area contributed by atoms with Gasteiger partial charge in [0.05, 0.1) is 12.2 Å². The number of aliphatic hydroxyl groups excluding tert-OH is 3. The van der Waals surface area contributed by atoms with Crippen molar-refractivity contribution >= 4 is 17.7 Å². The second-order valence-corrected chi connectivity index (χ2v) is 4.71. The normalized spacial score (nSPS) is 36.6. The van der Waals surface area contributed by atoms with Crippen molar-refractivity contribution in [2.45, 2.75) is 24.5 Å². The quantitative estimate of drug-likeness (QED) is 0.421. The Labute approximate surface area is 113 Å². The average molecular weight is 282 g/mol. The first-order valence-corrected chi connectivity index (χ1v) is 6.09. The Kier molecular flexibility index (Phi) is 3.05. The fourth-order valence-electron chi connectivity index (χ4n) is 2.49. The van der Waals surface area contributed by atoms with Gasteiger partial charge < -0.3 is 30.7 Å². The van der Waals surface area contributed by atoms with Gasteiger partial charge in [0.25, 0.3) is 5.91 Å². The smallest absolute Gasteiger partial charge is 0.283 e. The number of carbonyl (C=O) groups is 1. The van der Waals surface area contributed by atoms with Crippen LogP contribution >= 0.6 is 0 Å². The number of amidine groups is 1. The number of aliphatic imine (C=N–C) groups is 2. The second kappa shape index (κ2) is 4.63. The largest absolute Gasteiger partial charge is 0.394 e. The van der Waals surface area contributed by atoms with Gasteiger partial charge in [0, 0.05) is 6.54 Å². The summed E-state index contributed by atoms with van der Waals surface area (Å²) in [6.07, 6.45) is -2.62. The van der Waals surface area contributed by atoms with E-state index in [0.29, 0.717) is 0 Å². The molecule has 0 radical (unpaired) electrons. The third kappa shape index (κ3) is 1.83. The number of ether oxygens (including phenoxy) is 1. The Morgan fingerprint density at radius 1 is 1.40 bits per heavy atom. The van der Waals surface area contributed by atoms with Crippen molar-refractivity contribution in [1.29, 1.82) is 0 Å². The molecule has 0 aromatic heterocycles. The molecule has 1 saturated heterocycles. The van der Waals surface area contributed by atoms with Crippen LogP contribution in [0.5, 0.6) is 0 Å². The molecule has 0 aliphatic carbocycles. The Balaban J connectivity index is 1.87. The number of carbonyl (C=O) groups excluding carboxylic acids is 1. The zero-order valence-corrected chi connectivity index (χ0v) is 10.4. The van der Waals surface area contributed by atoms with Crippen LogP contribution in [-0.2, 0) is 9.53 Å². The number of aliphatic hydroxyl groups is 3. The van der Waals surface area contributed by atoms with Crippen LogP contribution in [0.2, 0.25) is 0 Å². The van der Waals surface area contributed by atoms with Crippen molar-refractivity contribution in [2.75, 3.05) is 13.2 Å². The summed E-state index contributed by atoms with van der Waals surface area (Å²) in [6, 6.07) is 0. The lowest BCUT2D eigenvalue weighted by atomic mass is 10.1. The van der Waals surface area contributed by atoms with Gasteiger partial charge in [0.15, 0.2) is 6.23 Å². The van der Waals surface area contributed by atoms with E-state index in [-0.39, 0.29) is 23.9 Å². The van der Waals surface area contributed by atoms with Crippen LogP contribution in [0.3, 0.4) is 0 Å². The molecule has 0 aromatic rings. The molecule has 0 bridgehead atoms. The predicted molar refractivity (Wildman–Crippen MR) is 66.6 cm³/mol. The lowest BCUT2D eigenvalue weighted by Crippen LogP contribution is -2.47. The molecule has 9 nitrogen and oxygen atoms in total. The molecule has 1 fully saturated rings. The maximum Gasteiger partial charge on any atom is 0.283 e. The van der Waals surface area contributed by atoms with E-state index in [0.717, 1.165) is 0 Å². The van der Waals surface area contributed by atoms with Crippen LogP contribution in [0.25, 0.3) is 0 Å². The van der Waals surface area contributed by atoms with E-state index in [1.54, 1.807) is 6.08 Å². The lowest BCUT2D eigenvalue weighted by molar-refractivity contribution is -0.114. The summed E-state index contributed by atoms with van der Waals surface area (Å²) < 4.78 is 5.41. The molecule has 3 aliphatic rings. The van der Waals surface area contributed by atoms with E-state index >= 15 is 0 Å². The molecule has 4 atom stereocenters. The zero-order chi connectivity index (χ0) is 14.4. The molecule has 5 N–H and O–H groups in total. The van der Waals surface area contributed by atoms with Gasteiger partial charge in [0.1, 0.15) is 24.1 Å². The average Bonchev–Trinajstić information content (AvgIpc) is 2.93. The van der Waals surface area contributed by atoms with Crippen LogP contribution in [-0.4, -0.2) is 75.6 Å². The minimum atomic E-state index is -1.22. The third-order valence-corrected chi connectivity index (χ3v) is 3.50. The summed E-state index contributed by atoms with van der Waals surface area (Å²) in [5.74, 6) is -0.403. The number of hydrogen-bond donors (Lipinski definition) is 4. The SMILES string of the molecule is NC1=NC(=O)C2=CCN([C@@H]3O[C@H](CO)[C@@H](O)[C@H]3O)C2=N1. The predicted octanol–water partition coefficient (Wildman–Crippen LogP) is -3.08. The standard InChI is InChI=1S/C11H14N4O5/c12-11-13-8-4(9(19)14-11)1-2-15(8)10-7(18)6(17)5(3-16)20-10/h1,5-7,10,16-18H,2-3H2,(H2,12,14,19)/t5-,6-,7-,10-/m1/s1. The van der Waals surface area contributed by atoms with E-state index in [9.17, 15) is 15.0 Å². The molecule has 108 valence electrons. The first-order chi connectivity index (χ1) is 9.52. The Morgan fingerprint density at radius 2 is 2.15 bits per heavy atom. The van der Waals surface area contributed by atoms with Crippen molar-refractivity contribution in [3.63, 3.8) is 0 Å². The molecule has 3 rings (SSSR count). The fraction of sp³-hybridized carbons (Fsp3) is 0.545. The second-order valence-electron chi connectivity index (χ2n) is 4.71. The molecule has 3 heterocycles. The van der Waals surface area contributed by atoms with E-state index in [2.05, 4.69) is 9.98 Å². The van der Waals surface area contributed by atoms with Gasteiger partial charge >= 0.3 is 0 Å². The minimum absolute atomic E-state index is 0.166. The van der Waals surface area contributed by atoms with E-state index in [1.165, 1.54) is 4.90 Å². The first-order valence-electron chi connectivity index (χ1n) is 6.09. The number of hydrogen-bond acceptors (Lipinski definition) is 8. The number of nitrogens with zero attached hydrogens (tertiary/aromatic N) is 3. The number of nitrogens with two attached hydrogens (primary N) is 1. The third-order valence-electron chi connectivity index (χ3n) is 3.50. The van der Waals surface area contributed by atoms with Crippen molar-refractivity contribution in [3.05, 3.63) is 11.6 Å². The number of amides is 1. The van der Waals surface area contributed by atoms with Gasteiger partial charge in [0.2, 0.25) is 5.96 Å². The Bertz CT molecular complexity index is 543. The van der Waals surface area contributed by atoms with Gasteiger partial charge in [-0.05, 0) is 6.08 Å². The van der Waals surface area contributed by atoms with Crippen LogP contribution in [0, 0.1) is 0 Å². The summed E-state index contributed by atoms with van der Waals surface area (Å²) in [5, 5.41) is 28.8. The van der Waals surface area contributed by atoms with Gasteiger partial charge in [-0.15, -0.1) is 0 Å². The highest BCUT2D eigenvalue weighted by atomic mass is 16.6. The summed E-state index contributed by atoms with van der Waals surface area (Å²) in [4.78, 5) is 20.7. The minimum Gasteiger partial charge on any atom is -0.394 e. The molecule has 0 saturated carbocycles. The summed E-state index contributed by atoms with van der Waals surface area (Å²) in [5.41, 5.74) is 5.74. The van der Waals surface area contributed by atoms with Crippen LogP contribution in [0.4, 0.5) is 0 Å². The molecular formula is C11H14N4O5. The van der Waals surface area contributed by atoms with E-state index in [1.807, 2.05) is 0 Å². The molecule has 0 unspecified atom stereocenters. The fourth-order valence-corrected chi connectivity index (χ4v) is 2.49. The molecule has 20 heavy (non-hydrogen) atoms. The van der Waals surface area contributed by atoms with Crippen molar-refractivity contribution in [3.8, 4) is 0 Å². The molecule has 3 aliphatic heterocycles. The van der Waals surface area contributed by atoms with Gasteiger partial charge in [-0.1, -0.05) is 0 Å². The van der Waals surface area contributed by atoms with Gasteiger partial charge in [-0.3, -0.25) is 4.79 Å².